The first-order valence-electron chi connectivity index (χ1n) is 11.1. The molecule has 1 aliphatic heterocycles. The largest absolute Gasteiger partial charge is 0.475 e. The number of carbonyl (C=O) groups is 1. The van der Waals surface area contributed by atoms with E-state index in [1.54, 1.807) is 13.3 Å². The highest BCUT2D eigenvalue weighted by Crippen LogP contribution is 2.27. The Morgan fingerprint density at radius 2 is 2.13 bits per heavy atom. The molecular formula is C22H35N5O3. The number of aromatic nitrogens is 1. The van der Waals surface area contributed by atoms with Crippen molar-refractivity contribution in [2.75, 3.05) is 40.0 Å². The molecule has 1 unspecified atom stereocenters. The fourth-order valence-corrected chi connectivity index (χ4v) is 4.08. The molecule has 1 saturated carbocycles. The lowest BCUT2D eigenvalue weighted by Gasteiger charge is -2.21. The van der Waals surface area contributed by atoms with Crippen LogP contribution in [0.2, 0.25) is 0 Å². The van der Waals surface area contributed by atoms with Crippen molar-refractivity contribution in [2.45, 2.75) is 51.6 Å². The Bertz CT molecular complexity index is 706. The molecule has 0 aromatic carbocycles. The van der Waals surface area contributed by atoms with Crippen LogP contribution in [0.1, 0.15) is 44.6 Å². The van der Waals surface area contributed by atoms with Gasteiger partial charge < -0.3 is 25.0 Å². The van der Waals surface area contributed by atoms with Crippen LogP contribution in [0.5, 0.6) is 5.88 Å². The van der Waals surface area contributed by atoms with Crippen molar-refractivity contribution in [3.63, 3.8) is 0 Å². The maximum atomic E-state index is 12.7. The maximum Gasteiger partial charge on any atom is 0.225 e. The summed E-state index contributed by atoms with van der Waals surface area (Å²) < 4.78 is 10.7. The molecule has 3 rings (SSSR count). The Morgan fingerprint density at radius 1 is 1.30 bits per heavy atom. The van der Waals surface area contributed by atoms with Gasteiger partial charge >= 0.3 is 0 Å². The number of likely N-dealkylation sites (tertiary alicyclic amines) is 1. The van der Waals surface area contributed by atoms with E-state index in [0.717, 1.165) is 50.4 Å². The van der Waals surface area contributed by atoms with Gasteiger partial charge in [0, 0.05) is 50.5 Å². The smallest absolute Gasteiger partial charge is 0.225 e. The first-order valence-corrected chi connectivity index (χ1v) is 11.1. The van der Waals surface area contributed by atoms with Crippen LogP contribution in [0.3, 0.4) is 0 Å². The van der Waals surface area contributed by atoms with Gasteiger partial charge in [0.15, 0.2) is 5.96 Å². The molecule has 166 valence electrons. The number of methoxy groups -OCH3 is 1. The van der Waals surface area contributed by atoms with Crippen molar-refractivity contribution < 1.29 is 14.3 Å². The van der Waals surface area contributed by atoms with Crippen molar-refractivity contribution in [1.29, 1.82) is 0 Å². The van der Waals surface area contributed by atoms with Gasteiger partial charge in [0.05, 0.1) is 13.2 Å². The molecule has 2 aliphatic rings. The summed E-state index contributed by atoms with van der Waals surface area (Å²) in [5.41, 5.74) is 0.926. The Labute approximate surface area is 179 Å². The highest BCUT2D eigenvalue weighted by molar-refractivity contribution is 5.81. The summed E-state index contributed by atoms with van der Waals surface area (Å²) in [5.74, 6) is 1.92. The van der Waals surface area contributed by atoms with Gasteiger partial charge in [-0.3, -0.25) is 4.79 Å². The van der Waals surface area contributed by atoms with E-state index in [9.17, 15) is 4.79 Å². The molecule has 1 saturated heterocycles. The molecule has 2 heterocycles. The normalized spacial score (nSPS) is 19.9. The molecule has 1 atom stereocenters. The second kappa shape index (κ2) is 11.7. The van der Waals surface area contributed by atoms with Gasteiger partial charge in [-0.1, -0.05) is 18.9 Å². The number of nitrogens with zero attached hydrogens (tertiary/aromatic N) is 3. The van der Waals surface area contributed by atoms with Gasteiger partial charge in [-0.2, -0.15) is 0 Å². The third-order valence-electron chi connectivity index (χ3n) is 5.67. The molecule has 8 nitrogen and oxygen atoms in total. The minimum atomic E-state index is 0.222. The molecule has 1 aromatic heterocycles. The Balaban J connectivity index is 1.56. The second-order valence-electron chi connectivity index (χ2n) is 7.90. The van der Waals surface area contributed by atoms with E-state index in [2.05, 4.69) is 15.6 Å². The van der Waals surface area contributed by atoms with Crippen LogP contribution in [0.15, 0.2) is 23.3 Å². The van der Waals surface area contributed by atoms with Gasteiger partial charge in [-0.25, -0.2) is 9.98 Å². The topological polar surface area (TPSA) is 88.1 Å². The van der Waals surface area contributed by atoms with Gasteiger partial charge in [0.25, 0.3) is 0 Å². The number of nitrogens with one attached hydrogen (secondary N) is 2. The summed E-state index contributed by atoms with van der Waals surface area (Å²) >= 11 is 0. The van der Waals surface area contributed by atoms with E-state index in [1.165, 1.54) is 12.8 Å². The predicted octanol–water partition coefficient (Wildman–Crippen LogP) is 1.95. The third kappa shape index (κ3) is 6.32. The van der Waals surface area contributed by atoms with Crippen molar-refractivity contribution in [1.82, 2.24) is 20.5 Å². The Morgan fingerprint density at radius 3 is 2.90 bits per heavy atom. The first-order chi connectivity index (χ1) is 14.7. The van der Waals surface area contributed by atoms with Gasteiger partial charge in [0.2, 0.25) is 11.8 Å². The summed E-state index contributed by atoms with van der Waals surface area (Å²) in [6.45, 7) is 5.82. The van der Waals surface area contributed by atoms with Crippen LogP contribution >= 0.6 is 0 Å². The lowest BCUT2D eigenvalue weighted by atomic mass is 10.1. The number of amides is 1. The van der Waals surface area contributed by atoms with E-state index >= 15 is 0 Å². The lowest BCUT2D eigenvalue weighted by Crippen LogP contribution is -2.45. The Kier molecular flexibility index (Phi) is 8.74. The fourth-order valence-electron chi connectivity index (χ4n) is 4.08. The summed E-state index contributed by atoms with van der Waals surface area (Å²) in [5, 5.41) is 6.80. The molecule has 1 aliphatic carbocycles. The summed E-state index contributed by atoms with van der Waals surface area (Å²) in [6.07, 6.45) is 7.15. The molecule has 30 heavy (non-hydrogen) atoms. The van der Waals surface area contributed by atoms with E-state index in [-0.39, 0.29) is 12.0 Å². The number of hydrogen-bond donors (Lipinski definition) is 2. The molecule has 2 N–H and O–H groups in total. The van der Waals surface area contributed by atoms with Crippen molar-refractivity contribution >= 4 is 11.9 Å². The van der Waals surface area contributed by atoms with Gasteiger partial charge in [-0.05, 0) is 32.3 Å². The zero-order valence-corrected chi connectivity index (χ0v) is 18.2. The molecule has 0 bridgehead atoms. The molecule has 1 amide bonds. The minimum absolute atomic E-state index is 0.222. The van der Waals surface area contributed by atoms with E-state index in [0.29, 0.717) is 31.5 Å². The number of ether oxygens (including phenoxy) is 2. The molecule has 1 aromatic rings. The van der Waals surface area contributed by atoms with Gasteiger partial charge in [-0.15, -0.1) is 0 Å². The highest BCUT2D eigenvalue weighted by Gasteiger charge is 2.32. The first kappa shape index (κ1) is 22.3. The van der Waals surface area contributed by atoms with E-state index in [1.807, 2.05) is 24.0 Å². The van der Waals surface area contributed by atoms with Crippen LogP contribution in [-0.4, -0.2) is 67.8 Å². The zero-order valence-electron chi connectivity index (χ0n) is 18.2. The van der Waals surface area contributed by atoms with Crippen LogP contribution in [0.25, 0.3) is 0 Å². The van der Waals surface area contributed by atoms with Crippen LogP contribution in [0, 0.1) is 5.92 Å². The number of rotatable bonds is 9. The highest BCUT2D eigenvalue weighted by atomic mass is 16.5. The average Bonchev–Trinajstić information content (AvgIpc) is 3.45. The van der Waals surface area contributed by atoms with Crippen molar-refractivity contribution in [2.24, 2.45) is 10.9 Å². The molecule has 0 spiro atoms. The third-order valence-corrected chi connectivity index (χ3v) is 5.67. The molecule has 0 radical (unpaired) electrons. The van der Waals surface area contributed by atoms with Crippen LogP contribution in [-0.2, 0) is 16.1 Å². The lowest BCUT2D eigenvalue weighted by molar-refractivity contribution is -0.134. The number of guanidine groups is 1. The number of aliphatic imine (C=N–C) groups is 1. The van der Waals surface area contributed by atoms with E-state index < -0.39 is 0 Å². The quantitative estimate of drug-likeness (QED) is 0.363. The minimum Gasteiger partial charge on any atom is -0.475 e. The van der Waals surface area contributed by atoms with Crippen molar-refractivity contribution in [3.05, 3.63) is 23.9 Å². The molecule has 2 fully saturated rings. The monoisotopic (exact) mass is 417 g/mol. The number of pyridine rings is 1. The summed E-state index contributed by atoms with van der Waals surface area (Å²) in [4.78, 5) is 23.7. The van der Waals surface area contributed by atoms with Crippen LogP contribution < -0.4 is 15.4 Å². The SMILES string of the molecule is CCNC(=NCc1cccnc1OCCOC)NC1CCN(C(=O)C2CCCC2)C1. The predicted molar refractivity (Wildman–Crippen MR) is 117 cm³/mol. The number of carbonyl (C=O) groups excluding carboxylic acids is 1. The zero-order chi connectivity index (χ0) is 21.2. The summed E-state index contributed by atoms with van der Waals surface area (Å²) in [7, 11) is 1.65. The standard InChI is InChI=1S/C22H35N5O3/c1-3-23-22(25-15-18-9-6-11-24-20(18)30-14-13-29-2)26-19-10-12-27(16-19)21(28)17-7-4-5-8-17/h6,9,11,17,19H,3-5,7-8,10,12-16H2,1-2H3,(H2,23,25,26). The maximum absolute atomic E-state index is 12.7. The van der Waals surface area contributed by atoms with Gasteiger partial charge in [0.1, 0.15) is 6.61 Å². The Hall–Kier alpha value is -2.35. The molecule has 8 heteroatoms. The second-order valence-corrected chi connectivity index (χ2v) is 7.90. The van der Waals surface area contributed by atoms with E-state index in [4.69, 9.17) is 14.5 Å². The molecular weight excluding hydrogens is 382 g/mol. The number of hydrogen-bond acceptors (Lipinski definition) is 5. The fraction of sp³-hybridized carbons (Fsp3) is 0.682. The van der Waals surface area contributed by atoms with Crippen LogP contribution in [0.4, 0.5) is 0 Å². The summed E-state index contributed by atoms with van der Waals surface area (Å²) in [6, 6.07) is 4.08. The van der Waals surface area contributed by atoms with Crippen molar-refractivity contribution in [3.8, 4) is 5.88 Å². The average molecular weight is 418 g/mol.